The summed E-state index contributed by atoms with van der Waals surface area (Å²) < 4.78 is 4.97. The van der Waals surface area contributed by atoms with Gasteiger partial charge in [0, 0.05) is 4.90 Å². The van der Waals surface area contributed by atoms with Crippen molar-refractivity contribution >= 4 is 12.6 Å². The van der Waals surface area contributed by atoms with Gasteiger partial charge in [0.25, 0.3) is 0 Å². The highest BCUT2D eigenvalue weighted by Crippen LogP contribution is 2.19. The van der Waals surface area contributed by atoms with Crippen LogP contribution >= 0.6 is 12.6 Å². The van der Waals surface area contributed by atoms with E-state index in [0.717, 1.165) is 10.6 Å². The Labute approximate surface area is 73.8 Å². The van der Waals surface area contributed by atoms with E-state index in [1.807, 2.05) is 38.1 Å². The lowest BCUT2D eigenvalue weighted by molar-refractivity contribution is 0.405. The number of benzene rings is 1. The Morgan fingerprint density at radius 1 is 1.18 bits per heavy atom. The monoisotopic (exact) mass is 170 g/mol. The van der Waals surface area contributed by atoms with E-state index < -0.39 is 0 Å². The number of rotatable bonds is 1. The lowest BCUT2D eigenvalue weighted by atomic mass is 10.3. The molecule has 0 spiro atoms. The van der Waals surface area contributed by atoms with Crippen LogP contribution < -0.4 is 4.74 Å². The summed E-state index contributed by atoms with van der Waals surface area (Å²) in [5.41, 5.74) is 0. The van der Waals surface area contributed by atoms with Gasteiger partial charge in [0.2, 0.25) is 0 Å². The van der Waals surface area contributed by atoms with Crippen molar-refractivity contribution in [2.45, 2.75) is 18.7 Å². The third-order valence-corrected chi connectivity index (χ3v) is 1.45. The van der Waals surface area contributed by atoms with E-state index in [1.54, 1.807) is 7.11 Å². The Morgan fingerprint density at radius 3 is 2.09 bits per heavy atom. The summed E-state index contributed by atoms with van der Waals surface area (Å²) in [5.74, 6) is 0.820. The molecule has 0 fully saturated rings. The van der Waals surface area contributed by atoms with Crippen molar-refractivity contribution in [3.63, 3.8) is 0 Å². The van der Waals surface area contributed by atoms with E-state index in [4.69, 9.17) is 4.74 Å². The molecule has 1 nitrogen and oxygen atoms in total. The Kier molecular flexibility index (Phi) is 5.75. The molecule has 0 aromatic heterocycles. The van der Waals surface area contributed by atoms with Gasteiger partial charge in [-0.15, -0.1) is 12.6 Å². The Balaban J connectivity index is 0.000000461. The minimum atomic E-state index is 0.820. The van der Waals surface area contributed by atoms with Crippen molar-refractivity contribution in [1.82, 2.24) is 0 Å². The molecular formula is C9H14OS. The van der Waals surface area contributed by atoms with E-state index in [1.165, 1.54) is 0 Å². The molecule has 0 unspecified atom stereocenters. The standard InChI is InChI=1S/C7H8OS.C2H6/c1-8-6-4-2-3-5-7(6)9;1-2/h2-5,9H,1H3;1-2H3. The van der Waals surface area contributed by atoms with Crippen molar-refractivity contribution in [3.8, 4) is 5.75 Å². The van der Waals surface area contributed by atoms with Crippen LogP contribution in [-0.2, 0) is 0 Å². The fourth-order valence-corrected chi connectivity index (χ4v) is 0.882. The summed E-state index contributed by atoms with van der Waals surface area (Å²) in [6.07, 6.45) is 0. The predicted molar refractivity (Wildman–Crippen MR) is 51.6 cm³/mol. The van der Waals surface area contributed by atoms with Crippen molar-refractivity contribution in [2.75, 3.05) is 7.11 Å². The lowest BCUT2D eigenvalue weighted by Crippen LogP contribution is -1.81. The normalized spacial score (nSPS) is 8.00. The predicted octanol–water partition coefficient (Wildman–Crippen LogP) is 3.01. The molecule has 1 aromatic carbocycles. The molecule has 0 saturated heterocycles. The maximum Gasteiger partial charge on any atom is 0.132 e. The molecule has 0 saturated carbocycles. The third kappa shape index (κ3) is 3.33. The molecular weight excluding hydrogens is 156 g/mol. The van der Waals surface area contributed by atoms with Gasteiger partial charge in [0.05, 0.1) is 7.11 Å². The van der Waals surface area contributed by atoms with Crippen molar-refractivity contribution < 1.29 is 4.74 Å². The number of thiol groups is 1. The molecule has 0 atom stereocenters. The molecule has 1 rings (SSSR count). The van der Waals surface area contributed by atoms with E-state index >= 15 is 0 Å². The van der Waals surface area contributed by atoms with Crippen LogP contribution in [0.3, 0.4) is 0 Å². The van der Waals surface area contributed by atoms with Gasteiger partial charge < -0.3 is 4.74 Å². The highest BCUT2D eigenvalue weighted by atomic mass is 32.1. The summed E-state index contributed by atoms with van der Waals surface area (Å²) in [5, 5.41) is 0. The van der Waals surface area contributed by atoms with Gasteiger partial charge in [0.1, 0.15) is 5.75 Å². The maximum absolute atomic E-state index is 4.97. The van der Waals surface area contributed by atoms with E-state index in [2.05, 4.69) is 12.6 Å². The number of hydrogen-bond acceptors (Lipinski definition) is 2. The van der Waals surface area contributed by atoms with Gasteiger partial charge in [-0.3, -0.25) is 0 Å². The first-order valence-electron chi connectivity index (χ1n) is 3.66. The van der Waals surface area contributed by atoms with Crippen LogP contribution in [0.15, 0.2) is 29.2 Å². The van der Waals surface area contributed by atoms with E-state index in [9.17, 15) is 0 Å². The second kappa shape index (κ2) is 6.10. The molecule has 0 aliphatic carbocycles. The van der Waals surface area contributed by atoms with Crippen LogP contribution in [0.5, 0.6) is 5.75 Å². The van der Waals surface area contributed by atoms with Crippen LogP contribution in [0.4, 0.5) is 0 Å². The minimum Gasteiger partial charge on any atom is -0.496 e. The fourth-order valence-electron chi connectivity index (χ4n) is 0.630. The summed E-state index contributed by atoms with van der Waals surface area (Å²) >= 11 is 4.15. The van der Waals surface area contributed by atoms with Gasteiger partial charge in [-0.1, -0.05) is 26.0 Å². The first kappa shape index (κ1) is 10.4. The fraction of sp³-hybridized carbons (Fsp3) is 0.333. The van der Waals surface area contributed by atoms with Crippen LogP contribution in [0, 0.1) is 0 Å². The number of para-hydroxylation sites is 1. The average Bonchev–Trinajstić information content (AvgIpc) is 2.09. The average molecular weight is 170 g/mol. The molecule has 0 amide bonds. The Bertz CT molecular complexity index is 199. The molecule has 0 aliphatic rings. The second-order valence-electron chi connectivity index (χ2n) is 1.67. The highest BCUT2D eigenvalue weighted by Gasteiger charge is 1.91. The summed E-state index contributed by atoms with van der Waals surface area (Å²) in [6.45, 7) is 4.00. The molecule has 2 heteroatoms. The quantitative estimate of drug-likeness (QED) is 0.637. The van der Waals surface area contributed by atoms with Gasteiger partial charge >= 0.3 is 0 Å². The van der Waals surface area contributed by atoms with Gasteiger partial charge in [-0.05, 0) is 12.1 Å². The zero-order valence-corrected chi connectivity index (χ0v) is 8.06. The molecule has 11 heavy (non-hydrogen) atoms. The Morgan fingerprint density at radius 2 is 1.73 bits per heavy atom. The zero-order valence-electron chi connectivity index (χ0n) is 7.16. The van der Waals surface area contributed by atoms with Crippen LogP contribution in [0.2, 0.25) is 0 Å². The maximum atomic E-state index is 4.97. The first-order valence-corrected chi connectivity index (χ1v) is 4.11. The number of hydrogen-bond donors (Lipinski definition) is 1. The largest absolute Gasteiger partial charge is 0.496 e. The van der Waals surface area contributed by atoms with Gasteiger partial charge in [-0.2, -0.15) is 0 Å². The molecule has 62 valence electrons. The van der Waals surface area contributed by atoms with Gasteiger partial charge in [0.15, 0.2) is 0 Å². The highest BCUT2D eigenvalue weighted by molar-refractivity contribution is 7.80. The molecule has 0 N–H and O–H groups in total. The van der Waals surface area contributed by atoms with E-state index in [0.29, 0.717) is 0 Å². The zero-order chi connectivity index (χ0) is 8.69. The molecule has 0 radical (unpaired) electrons. The third-order valence-electron chi connectivity index (χ3n) is 1.09. The molecule has 0 heterocycles. The van der Waals surface area contributed by atoms with Crippen LogP contribution in [-0.4, -0.2) is 7.11 Å². The van der Waals surface area contributed by atoms with E-state index in [-0.39, 0.29) is 0 Å². The molecule has 0 aliphatic heterocycles. The molecule has 1 aromatic rings. The van der Waals surface area contributed by atoms with Gasteiger partial charge in [-0.25, -0.2) is 0 Å². The first-order chi connectivity index (χ1) is 5.34. The Hall–Kier alpha value is -0.630. The summed E-state index contributed by atoms with van der Waals surface area (Å²) in [7, 11) is 1.63. The lowest BCUT2D eigenvalue weighted by Gasteiger charge is -1.99. The minimum absolute atomic E-state index is 0.820. The molecule has 0 bridgehead atoms. The number of ether oxygens (including phenoxy) is 1. The summed E-state index contributed by atoms with van der Waals surface area (Å²) in [4.78, 5) is 0.875. The SMILES string of the molecule is CC.COc1ccccc1S. The smallest absolute Gasteiger partial charge is 0.132 e. The second-order valence-corrected chi connectivity index (χ2v) is 2.15. The van der Waals surface area contributed by atoms with Crippen molar-refractivity contribution in [3.05, 3.63) is 24.3 Å². The van der Waals surface area contributed by atoms with Crippen LogP contribution in [0.1, 0.15) is 13.8 Å². The van der Waals surface area contributed by atoms with Crippen molar-refractivity contribution in [1.29, 1.82) is 0 Å². The number of methoxy groups -OCH3 is 1. The topological polar surface area (TPSA) is 9.23 Å². The van der Waals surface area contributed by atoms with Crippen LogP contribution in [0.25, 0.3) is 0 Å². The summed E-state index contributed by atoms with van der Waals surface area (Å²) in [6, 6.07) is 7.60. The van der Waals surface area contributed by atoms with Crippen molar-refractivity contribution in [2.24, 2.45) is 0 Å².